The molecule has 1 aromatic heterocycles. The number of fused-ring (bicyclic) bond motifs is 1. The van der Waals surface area contributed by atoms with E-state index in [1.165, 1.54) is 19.4 Å². The van der Waals surface area contributed by atoms with E-state index in [-0.39, 0.29) is 17.9 Å². The highest BCUT2D eigenvalue weighted by atomic mass is 16.5. The van der Waals surface area contributed by atoms with Gasteiger partial charge in [-0.2, -0.15) is 5.10 Å². The molecule has 0 spiro atoms. The van der Waals surface area contributed by atoms with E-state index >= 15 is 0 Å². The molecule has 0 atom stereocenters. The number of rotatable bonds is 7. The first kappa shape index (κ1) is 21.6. The van der Waals surface area contributed by atoms with Crippen LogP contribution >= 0.6 is 0 Å². The average Bonchev–Trinajstić information content (AvgIpc) is 2.84. The molecule has 1 heterocycles. The number of benzene rings is 3. The minimum atomic E-state index is -0.443. The molecule has 0 saturated heterocycles. The van der Waals surface area contributed by atoms with Crippen molar-refractivity contribution < 1.29 is 19.4 Å². The van der Waals surface area contributed by atoms with Crippen LogP contribution in [-0.2, 0) is 4.79 Å². The Morgan fingerprint density at radius 1 is 1.15 bits per heavy atom. The molecule has 0 unspecified atom stereocenters. The van der Waals surface area contributed by atoms with Gasteiger partial charge >= 0.3 is 0 Å². The van der Waals surface area contributed by atoms with Crippen LogP contribution in [0.5, 0.6) is 17.2 Å². The highest BCUT2D eigenvalue weighted by Gasteiger charge is 2.07. The monoisotopic (exact) mass is 444 g/mol. The summed E-state index contributed by atoms with van der Waals surface area (Å²) in [7, 11) is 1.44. The van der Waals surface area contributed by atoms with Crippen LogP contribution in [0.1, 0.15) is 5.56 Å². The molecule has 3 aromatic carbocycles. The fourth-order valence-electron chi connectivity index (χ4n) is 3.07. The maximum Gasteiger partial charge on any atom is 0.277 e. The van der Waals surface area contributed by atoms with Gasteiger partial charge in [0, 0.05) is 5.56 Å². The Morgan fingerprint density at radius 3 is 2.73 bits per heavy atom. The molecule has 9 heteroatoms. The minimum absolute atomic E-state index is 0.0147. The number of carbonyl (C=O) groups excluding carboxylic acids is 1. The number of nitrogens with one attached hydrogen (secondary N) is 2. The van der Waals surface area contributed by atoms with Gasteiger partial charge in [-0.25, -0.2) is 10.4 Å². The Morgan fingerprint density at radius 2 is 1.94 bits per heavy atom. The second-order valence-corrected chi connectivity index (χ2v) is 6.97. The zero-order chi connectivity index (χ0) is 23.2. The Kier molecular flexibility index (Phi) is 6.31. The number of para-hydroxylation sites is 1. The molecule has 1 amide bonds. The average molecular weight is 444 g/mol. The number of amides is 1. The van der Waals surface area contributed by atoms with Crippen LogP contribution in [0, 0.1) is 0 Å². The minimum Gasteiger partial charge on any atom is -0.504 e. The predicted molar refractivity (Wildman–Crippen MR) is 124 cm³/mol. The van der Waals surface area contributed by atoms with Gasteiger partial charge in [0.2, 0.25) is 0 Å². The maximum atomic E-state index is 12.2. The van der Waals surface area contributed by atoms with Crippen molar-refractivity contribution in [1.29, 1.82) is 0 Å². The van der Waals surface area contributed by atoms with Crippen LogP contribution in [-0.4, -0.2) is 40.9 Å². The van der Waals surface area contributed by atoms with Gasteiger partial charge in [0.15, 0.2) is 18.1 Å². The third-order valence-electron chi connectivity index (χ3n) is 4.72. The van der Waals surface area contributed by atoms with Gasteiger partial charge in [-0.1, -0.05) is 12.1 Å². The first-order chi connectivity index (χ1) is 16.0. The third kappa shape index (κ3) is 5.16. The Hall–Kier alpha value is -4.66. The molecule has 0 fully saturated rings. The zero-order valence-corrected chi connectivity index (χ0v) is 17.6. The number of ether oxygens (including phenoxy) is 2. The van der Waals surface area contributed by atoms with Crippen molar-refractivity contribution in [1.82, 2.24) is 15.4 Å². The second-order valence-electron chi connectivity index (χ2n) is 6.97. The van der Waals surface area contributed by atoms with Crippen LogP contribution in [0.15, 0.2) is 76.6 Å². The van der Waals surface area contributed by atoms with E-state index in [0.29, 0.717) is 39.4 Å². The van der Waals surface area contributed by atoms with Crippen molar-refractivity contribution in [3.63, 3.8) is 0 Å². The lowest BCUT2D eigenvalue weighted by Gasteiger charge is -2.07. The molecule has 4 rings (SSSR count). The maximum absolute atomic E-state index is 12.2. The molecule has 0 aliphatic carbocycles. The highest BCUT2D eigenvalue weighted by Crippen LogP contribution is 2.25. The summed E-state index contributed by atoms with van der Waals surface area (Å²) in [4.78, 5) is 31.5. The van der Waals surface area contributed by atoms with Crippen LogP contribution in [0.4, 0.5) is 0 Å². The number of H-pyrrole nitrogens is 1. The van der Waals surface area contributed by atoms with Crippen LogP contribution in [0.2, 0.25) is 0 Å². The molecule has 0 radical (unpaired) electrons. The van der Waals surface area contributed by atoms with E-state index in [0.717, 1.165) is 0 Å². The fraction of sp³-hybridized carbons (Fsp3) is 0.0833. The van der Waals surface area contributed by atoms with Gasteiger partial charge in [0.25, 0.3) is 11.5 Å². The summed E-state index contributed by atoms with van der Waals surface area (Å²) in [6.07, 6.45) is 1.42. The number of aromatic hydroxyl groups is 1. The summed E-state index contributed by atoms with van der Waals surface area (Å²) < 4.78 is 10.5. The number of methoxy groups -OCH3 is 1. The molecule has 166 valence electrons. The van der Waals surface area contributed by atoms with Crippen LogP contribution < -0.4 is 20.5 Å². The van der Waals surface area contributed by atoms with E-state index in [2.05, 4.69) is 20.5 Å². The van der Waals surface area contributed by atoms with Crippen molar-refractivity contribution >= 4 is 23.0 Å². The first-order valence-corrected chi connectivity index (χ1v) is 9.95. The summed E-state index contributed by atoms with van der Waals surface area (Å²) in [5.41, 5.74) is 4.12. The summed E-state index contributed by atoms with van der Waals surface area (Å²) in [5, 5.41) is 14.0. The lowest BCUT2D eigenvalue weighted by Crippen LogP contribution is -2.24. The van der Waals surface area contributed by atoms with E-state index < -0.39 is 5.91 Å². The molecule has 33 heavy (non-hydrogen) atoms. The van der Waals surface area contributed by atoms with Gasteiger partial charge in [-0.3, -0.25) is 9.59 Å². The fourth-order valence-corrected chi connectivity index (χ4v) is 3.07. The molecular weight excluding hydrogens is 424 g/mol. The van der Waals surface area contributed by atoms with Crippen molar-refractivity contribution in [2.75, 3.05) is 13.7 Å². The summed E-state index contributed by atoms with van der Waals surface area (Å²) in [5.74, 6) is 0.801. The molecular formula is C24H20N4O5. The smallest absolute Gasteiger partial charge is 0.277 e. The quantitative estimate of drug-likeness (QED) is 0.297. The number of aromatic amines is 1. The number of hydrazone groups is 1. The standard InChI is InChI=1S/C24H20N4O5/c1-32-21-12-15(6-11-20(21)29)13-25-28-22(30)14-33-17-9-7-16(8-10-17)23-26-19-5-3-2-4-18(19)24(31)27-23/h2-13,29H,14H2,1H3,(H,28,30)(H,26,27,31)/b25-13+. The normalized spacial score (nSPS) is 10.9. The highest BCUT2D eigenvalue weighted by molar-refractivity contribution is 5.83. The number of phenolic OH excluding ortho intramolecular Hbond substituents is 1. The van der Waals surface area contributed by atoms with Gasteiger partial charge in [-0.15, -0.1) is 0 Å². The van der Waals surface area contributed by atoms with Crippen molar-refractivity contribution in [3.05, 3.63) is 82.6 Å². The summed E-state index contributed by atoms with van der Waals surface area (Å²) in [6, 6.07) is 18.7. The Labute approximate surface area is 188 Å². The number of aromatic nitrogens is 2. The number of hydrogen-bond donors (Lipinski definition) is 3. The van der Waals surface area contributed by atoms with Crippen LogP contribution in [0.3, 0.4) is 0 Å². The molecule has 9 nitrogen and oxygen atoms in total. The second kappa shape index (κ2) is 9.65. The van der Waals surface area contributed by atoms with Crippen molar-refractivity contribution in [2.45, 2.75) is 0 Å². The molecule has 4 aromatic rings. The third-order valence-corrected chi connectivity index (χ3v) is 4.72. The van der Waals surface area contributed by atoms with Gasteiger partial charge in [-0.05, 0) is 60.2 Å². The van der Waals surface area contributed by atoms with Crippen molar-refractivity contribution in [3.8, 4) is 28.6 Å². The van der Waals surface area contributed by atoms with E-state index in [9.17, 15) is 14.7 Å². The first-order valence-electron chi connectivity index (χ1n) is 9.95. The number of hydrogen-bond acceptors (Lipinski definition) is 7. The summed E-state index contributed by atoms with van der Waals surface area (Å²) >= 11 is 0. The number of carbonyl (C=O) groups is 1. The van der Waals surface area contributed by atoms with Gasteiger partial charge in [0.1, 0.15) is 11.6 Å². The van der Waals surface area contributed by atoms with Gasteiger partial charge in [0.05, 0.1) is 24.2 Å². The number of phenols is 1. The Bertz CT molecular complexity index is 1380. The molecule has 3 N–H and O–H groups in total. The van der Waals surface area contributed by atoms with E-state index in [1.807, 2.05) is 6.07 Å². The zero-order valence-electron chi connectivity index (χ0n) is 17.6. The number of nitrogens with zero attached hydrogens (tertiary/aromatic N) is 2. The van der Waals surface area contributed by atoms with Crippen LogP contribution in [0.25, 0.3) is 22.3 Å². The lowest BCUT2D eigenvalue weighted by molar-refractivity contribution is -0.123. The predicted octanol–water partition coefficient (Wildman–Crippen LogP) is 2.83. The Balaban J connectivity index is 1.34. The topological polar surface area (TPSA) is 126 Å². The SMILES string of the molecule is COc1cc(/C=N/NC(=O)COc2ccc(-c3nc4ccccc4c(=O)[nH]3)cc2)ccc1O. The molecule has 0 saturated carbocycles. The van der Waals surface area contributed by atoms with Crippen molar-refractivity contribution in [2.24, 2.45) is 5.10 Å². The van der Waals surface area contributed by atoms with E-state index in [4.69, 9.17) is 9.47 Å². The molecule has 0 aliphatic rings. The molecule has 0 bridgehead atoms. The molecule has 0 aliphatic heterocycles. The van der Waals surface area contributed by atoms with E-state index in [1.54, 1.807) is 54.6 Å². The van der Waals surface area contributed by atoms with Gasteiger partial charge < -0.3 is 19.6 Å². The summed E-state index contributed by atoms with van der Waals surface area (Å²) in [6.45, 7) is -0.235. The lowest BCUT2D eigenvalue weighted by atomic mass is 10.2. The largest absolute Gasteiger partial charge is 0.504 e.